The van der Waals surface area contributed by atoms with Crippen LogP contribution in [0, 0.1) is 13.8 Å². The van der Waals surface area contributed by atoms with Crippen LogP contribution >= 0.6 is 11.3 Å². The molecule has 5 aromatic heterocycles. The van der Waals surface area contributed by atoms with Gasteiger partial charge in [-0.25, -0.2) is 23.4 Å². The normalized spacial score (nSPS) is 11.4. The van der Waals surface area contributed by atoms with Crippen molar-refractivity contribution in [2.75, 3.05) is 0 Å². The summed E-state index contributed by atoms with van der Waals surface area (Å²) in [5.41, 5.74) is 2.28. The molecule has 5 heterocycles. The average molecular weight is 481 g/mol. The predicted octanol–water partition coefficient (Wildman–Crippen LogP) is 3.31. The standard InChI is InChI=1S/C21H17F2N9OS/c1-11-4-25-14(6-24-11)7-27-20(33)13-3-15(32-16(18(22)23)9-29-30-32)19-26-8-17(31(19)10-13)21-28-5-12(2)34-21/h3-6,8-10,18H,7H2,1-2H3,(H,27,33). The van der Waals surface area contributed by atoms with Crippen LogP contribution < -0.4 is 5.32 Å². The molecule has 0 bridgehead atoms. The molecule has 0 aliphatic rings. The van der Waals surface area contributed by atoms with Gasteiger partial charge in [0.05, 0.1) is 42.1 Å². The molecule has 13 heteroatoms. The number of carbonyl (C=O) groups is 1. The van der Waals surface area contributed by atoms with Gasteiger partial charge in [-0.3, -0.25) is 19.2 Å². The summed E-state index contributed by atoms with van der Waals surface area (Å²) in [6, 6.07) is 1.45. The zero-order valence-electron chi connectivity index (χ0n) is 18.0. The topological polar surface area (TPSA) is 116 Å². The first-order chi connectivity index (χ1) is 16.4. The lowest BCUT2D eigenvalue weighted by Crippen LogP contribution is -2.24. The fourth-order valence-corrected chi connectivity index (χ4v) is 4.11. The number of thiazole rings is 1. The number of aryl methyl sites for hydroxylation is 2. The fourth-order valence-electron chi connectivity index (χ4n) is 3.34. The van der Waals surface area contributed by atoms with Crippen LogP contribution in [0.5, 0.6) is 0 Å². The van der Waals surface area contributed by atoms with Crippen LogP contribution in [0.3, 0.4) is 0 Å². The van der Waals surface area contributed by atoms with Crippen LogP contribution in [0.25, 0.3) is 22.0 Å². The predicted molar refractivity (Wildman–Crippen MR) is 119 cm³/mol. The number of nitrogens with zero attached hydrogens (tertiary/aromatic N) is 8. The average Bonchev–Trinajstić information content (AvgIpc) is 3.57. The number of carbonyl (C=O) groups excluding carboxylic acids is 1. The van der Waals surface area contributed by atoms with Crippen molar-refractivity contribution in [3.63, 3.8) is 0 Å². The Balaban J connectivity index is 1.60. The summed E-state index contributed by atoms with van der Waals surface area (Å²) in [6.45, 7) is 3.89. The van der Waals surface area contributed by atoms with Gasteiger partial charge in [0.15, 0.2) is 5.65 Å². The zero-order chi connectivity index (χ0) is 23.8. The maximum atomic E-state index is 13.6. The molecule has 10 nitrogen and oxygen atoms in total. The van der Waals surface area contributed by atoms with Crippen LogP contribution in [-0.4, -0.2) is 45.2 Å². The van der Waals surface area contributed by atoms with E-state index < -0.39 is 18.0 Å². The van der Waals surface area contributed by atoms with E-state index >= 15 is 0 Å². The van der Waals surface area contributed by atoms with Crippen molar-refractivity contribution in [3.8, 4) is 16.4 Å². The first-order valence-corrected chi connectivity index (χ1v) is 10.9. The number of aromatic nitrogens is 8. The van der Waals surface area contributed by atoms with Crippen molar-refractivity contribution < 1.29 is 13.6 Å². The maximum absolute atomic E-state index is 13.6. The van der Waals surface area contributed by atoms with Crippen LogP contribution in [0.15, 0.2) is 43.2 Å². The molecule has 0 saturated carbocycles. The summed E-state index contributed by atoms with van der Waals surface area (Å²) in [5.74, 6) is -0.431. The largest absolute Gasteiger partial charge is 0.346 e. The molecule has 5 rings (SSSR count). The van der Waals surface area contributed by atoms with Gasteiger partial charge >= 0.3 is 0 Å². The molecule has 0 fully saturated rings. The van der Waals surface area contributed by atoms with Crippen molar-refractivity contribution in [2.24, 2.45) is 0 Å². The summed E-state index contributed by atoms with van der Waals surface area (Å²) >= 11 is 1.45. The minimum Gasteiger partial charge on any atom is -0.346 e. The number of rotatable bonds is 6. The molecule has 0 aliphatic carbocycles. The Morgan fingerprint density at radius 1 is 1.09 bits per heavy atom. The molecule has 172 valence electrons. The number of nitrogens with one attached hydrogen (secondary N) is 1. The zero-order valence-corrected chi connectivity index (χ0v) is 18.8. The quantitative estimate of drug-likeness (QED) is 0.396. The first-order valence-electron chi connectivity index (χ1n) is 10.1. The van der Waals surface area contributed by atoms with Crippen molar-refractivity contribution in [2.45, 2.75) is 26.8 Å². The Hall–Kier alpha value is -4.13. The minimum atomic E-state index is -2.82. The summed E-state index contributed by atoms with van der Waals surface area (Å²) in [5, 5.41) is 10.9. The van der Waals surface area contributed by atoms with Crippen molar-refractivity contribution >= 4 is 22.9 Å². The number of hydrogen-bond donors (Lipinski definition) is 1. The van der Waals surface area contributed by atoms with Gasteiger partial charge in [-0.2, -0.15) is 0 Å². The Labute approximate surface area is 195 Å². The third-order valence-corrected chi connectivity index (χ3v) is 5.92. The highest BCUT2D eigenvalue weighted by molar-refractivity contribution is 7.14. The van der Waals surface area contributed by atoms with E-state index in [1.165, 1.54) is 17.4 Å². The molecular weight excluding hydrogens is 464 g/mol. The monoisotopic (exact) mass is 481 g/mol. The highest BCUT2D eigenvalue weighted by Crippen LogP contribution is 2.29. The molecule has 0 aliphatic heterocycles. The van der Waals surface area contributed by atoms with E-state index in [9.17, 15) is 13.6 Å². The summed E-state index contributed by atoms with van der Waals surface area (Å²) in [6.07, 6.45) is 6.25. The molecule has 0 atom stereocenters. The molecular formula is C21H17F2N9OS. The van der Waals surface area contributed by atoms with Crippen molar-refractivity contribution in [1.82, 2.24) is 44.6 Å². The van der Waals surface area contributed by atoms with E-state index in [-0.39, 0.29) is 17.8 Å². The molecule has 0 radical (unpaired) electrons. The third kappa shape index (κ3) is 4.01. The second-order valence-electron chi connectivity index (χ2n) is 7.43. The fraction of sp³-hybridized carbons (Fsp3) is 0.190. The van der Waals surface area contributed by atoms with Gasteiger partial charge in [0, 0.05) is 23.5 Å². The number of fused-ring (bicyclic) bond motifs is 1. The molecule has 0 aromatic carbocycles. The SMILES string of the molecule is Cc1cnc(CNC(=O)c2cc(-n3nncc3C(F)F)c3ncc(-c4ncc(C)s4)n3c2)cn1. The van der Waals surface area contributed by atoms with Gasteiger partial charge < -0.3 is 5.32 Å². The molecule has 1 amide bonds. The number of pyridine rings is 1. The second-order valence-corrected chi connectivity index (χ2v) is 8.67. The van der Waals surface area contributed by atoms with E-state index in [4.69, 9.17) is 0 Å². The Kier molecular flexibility index (Phi) is 5.53. The highest BCUT2D eigenvalue weighted by Gasteiger charge is 2.22. The lowest BCUT2D eigenvalue weighted by molar-refractivity contribution is 0.0950. The van der Waals surface area contributed by atoms with Gasteiger partial charge in [-0.15, -0.1) is 16.4 Å². The van der Waals surface area contributed by atoms with Gasteiger partial charge in [0.2, 0.25) is 0 Å². The summed E-state index contributed by atoms with van der Waals surface area (Å²) < 4.78 is 29.8. The number of alkyl halides is 2. The van der Waals surface area contributed by atoms with E-state index in [2.05, 4.69) is 35.6 Å². The van der Waals surface area contributed by atoms with E-state index in [0.29, 0.717) is 22.0 Å². The van der Waals surface area contributed by atoms with E-state index in [1.54, 1.807) is 35.4 Å². The minimum absolute atomic E-state index is 0.146. The summed E-state index contributed by atoms with van der Waals surface area (Å²) in [7, 11) is 0. The van der Waals surface area contributed by atoms with Gasteiger partial charge in [-0.05, 0) is 19.9 Å². The maximum Gasteiger partial charge on any atom is 0.282 e. The smallest absolute Gasteiger partial charge is 0.282 e. The highest BCUT2D eigenvalue weighted by atomic mass is 32.1. The summed E-state index contributed by atoms with van der Waals surface area (Å²) in [4.78, 5) is 31.2. The molecule has 0 spiro atoms. The van der Waals surface area contributed by atoms with Gasteiger partial charge in [0.25, 0.3) is 12.3 Å². The third-order valence-electron chi connectivity index (χ3n) is 4.98. The van der Waals surface area contributed by atoms with E-state index in [0.717, 1.165) is 21.4 Å². The Morgan fingerprint density at radius 2 is 1.94 bits per heavy atom. The van der Waals surface area contributed by atoms with Crippen molar-refractivity contribution in [3.05, 3.63) is 70.8 Å². The van der Waals surface area contributed by atoms with Gasteiger partial charge in [-0.1, -0.05) is 5.21 Å². The number of amides is 1. The molecule has 1 N–H and O–H groups in total. The Bertz CT molecular complexity index is 1490. The lowest BCUT2D eigenvalue weighted by Gasteiger charge is -2.11. The van der Waals surface area contributed by atoms with Crippen LogP contribution in [0.1, 0.15) is 38.7 Å². The Morgan fingerprint density at radius 3 is 2.65 bits per heavy atom. The van der Waals surface area contributed by atoms with Gasteiger partial charge in [0.1, 0.15) is 22.1 Å². The molecule has 34 heavy (non-hydrogen) atoms. The van der Waals surface area contributed by atoms with E-state index in [1.807, 2.05) is 13.8 Å². The van der Waals surface area contributed by atoms with Crippen molar-refractivity contribution in [1.29, 1.82) is 0 Å². The van der Waals surface area contributed by atoms with Crippen LogP contribution in [0.2, 0.25) is 0 Å². The number of imidazole rings is 1. The van der Waals surface area contributed by atoms with Crippen LogP contribution in [-0.2, 0) is 6.54 Å². The number of hydrogen-bond acceptors (Lipinski definition) is 8. The second kappa shape index (κ2) is 8.67. The van der Waals surface area contributed by atoms with Crippen LogP contribution in [0.4, 0.5) is 8.78 Å². The molecule has 5 aromatic rings. The first kappa shape index (κ1) is 21.7. The molecule has 0 saturated heterocycles. The number of halogens is 2. The molecule has 0 unspecified atom stereocenters. The lowest BCUT2D eigenvalue weighted by atomic mass is 10.2.